The Kier molecular flexibility index (Phi) is 12.6. The Balaban J connectivity index is 0.000000641. The molecule has 1 rings (SSSR count). The summed E-state index contributed by atoms with van der Waals surface area (Å²) in [4.78, 5) is 34.1. The fourth-order valence-corrected chi connectivity index (χ4v) is 2.29. The number of carbonyl (C=O) groups is 3. The Labute approximate surface area is 188 Å². The SMILES string of the molecule is C=C(C)C(=O)OCc1ccccc1.C=C(C)C(=O)[N+](C=CC#N)(C=C(C)C(=O)O)COC. The molecule has 0 fully saturated rings. The molecule has 8 nitrogen and oxygen atoms in total. The standard InChI is InChI=1S/C13H16N2O4.C11H12O2/c1-10(2)12(16)15(9-19-4,7-5-6-14)8-11(3)13(17)18;1-9(2)11(12)13-8-10-6-4-3-5-7-10/h5,7-8H,1,9H2,2-4H3;3-7H,1,8H2,2H3/p+1. The molecule has 0 aliphatic rings. The molecule has 170 valence electrons. The van der Waals surface area contributed by atoms with Crippen LogP contribution in [-0.2, 0) is 30.5 Å². The van der Waals surface area contributed by atoms with Gasteiger partial charge in [0.1, 0.15) is 19.0 Å². The molecular formula is C24H29N2O6+. The van der Waals surface area contributed by atoms with Crippen molar-refractivity contribution < 1.29 is 33.4 Å². The summed E-state index contributed by atoms with van der Waals surface area (Å²) in [5, 5.41) is 17.5. The molecule has 1 unspecified atom stereocenters. The lowest BCUT2D eigenvalue weighted by Gasteiger charge is -2.27. The maximum absolute atomic E-state index is 12.2. The van der Waals surface area contributed by atoms with E-state index in [9.17, 15) is 14.4 Å². The molecule has 1 N–H and O–H groups in total. The van der Waals surface area contributed by atoms with Gasteiger partial charge in [0.25, 0.3) is 0 Å². The lowest BCUT2D eigenvalue weighted by Crippen LogP contribution is -2.45. The van der Waals surface area contributed by atoms with Gasteiger partial charge in [-0.1, -0.05) is 43.5 Å². The molecule has 1 amide bonds. The molecule has 0 bridgehead atoms. The molecule has 0 aromatic heterocycles. The van der Waals surface area contributed by atoms with Gasteiger partial charge in [-0.15, -0.1) is 0 Å². The van der Waals surface area contributed by atoms with E-state index in [2.05, 4.69) is 13.2 Å². The van der Waals surface area contributed by atoms with Crippen molar-refractivity contribution in [3.8, 4) is 6.07 Å². The first-order chi connectivity index (χ1) is 15.0. The highest BCUT2D eigenvalue weighted by Gasteiger charge is 2.34. The number of methoxy groups -OCH3 is 1. The molecule has 0 aliphatic carbocycles. The Hall–Kier alpha value is -3.80. The molecule has 0 spiro atoms. The summed E-state index contributed by atoms with van der Waals surface area (Å²) >= 11 is 0. The summed E-state index contributed by atoms with van der Waals surface area (Å²) in [6.45, 7) is 11.7. The second-order valence-electron chi connectivity index (χ2n) is 6.84. The van der Waals surface area contributed by atoms with E-state index < -0.39 is 16.4 Å². The highest BCUT2D eigenvalue weighted by molar-refractivity contribution is 5.89. The van der Waals surface area contributed by atoms with Crippen LogP contribution in [0.5, 0.6) is 0 Å². The minimum absolute atomic E-state index is 0.0331. The van der Waals surface area contributed by atoms with Crippen molar-refractivity contribution in [1.29, 1.82) is 5.26 Å². The molecule has 0 radical (unpaired) electrons. The van der Waals surface area contributed by atoms with Crippen molar-refractivity contribution in [2.24, 2.45) is 0 Å². The van der Waals surface area contributed by atoms with Crippen LogP contribution in [0.4, 0.5) is 0 Å². The van der Waals surface area contributed by atoms with E-state index in [1.54, 1.807) is 13.0 Å². The number of esters is 1. The first-order valence-electron chi connectivity index (χ1n) is 9.44. The van der Waals surface area contributed by atoms with Crippen LogP contribution in [0.15, 0.2) is 78.7 Å². The number of allylic oxidation sites excluding steroid dienone is 1. The molecule has 0 saturated carbocycles. The number of aliphatic carboxylic acids is 1. The fraction of sp³-hybridized carbons (Fsp3) is 0.250. The summed E-state index contributed by atoms with van der Waals surface area (Å²) < 4.78 is 9.36. The molecule has 1 atom stereocenters. The number of carbonyl (C=O) groups excluding carboxylic acids is 2. The van der Waals surface area contributed by atoms with Crippen molar-refractivity contribution in [3.63, 3.8) is 0 Å². The highest BCUT2D eigenvalue weighted by Crippen LogP contribution is 2.18. The number of nitriles is 1. The van der Waals surface area contributed by atoms with Gasteiger partial charge in [-0.25, -0.2) is 14.4 Å². The van der Waals surface area contributed by atoms with Crippen LogP contribution in [0.1, 0.15) is 26.3 Å². The van der Waals surface area contributed by atoms with Gasteiger partial charge in [-0.2, -0.15) is 9.74 Å². The zero-order valence-corrected chi connectivity index (χ0v) is 18.8. The smallest absolute Gasteiger partial charge is 0.352 e. The van der Waals surface area contributed by atoms with Crippen molar-refractivity contribution in [2.45, 2.75) is 27.4 Å². The first kappa shape index (κ1) is 28.2. The Morgan fingerprint density at radius 3 is 2.16 bits per heavy atom. The number of carboxylic acids is 1. The average molecular weight is 442 g/mol. The van der Waals surface area contributed by atoms with Crippen LogP contribution in [-0.4, -0.2) is 41.3 Å². The van der Waals surface area contributed by atoms with Gasteiger partial charge in [-0.3, -0.25) is 0 Å². The number of hydrogen-bond donors (Lipinski definition) is 1. The summed E-state index contributed by atoms with van der Waals surface area (Å²) in [5.74, 6) is -1.95. The monoisotopic (exact) mass is 441 g/mol. The number of quaternary nitrogens is 1. The second kappa shape index (κ2) is 14.2. The van der Waals surface area contributed by atoms with Crippen LogP contribution in [0.2, 0.25) is 0 Å². The van der Waals surface area contributed by atoms with Gasteiger partial charge >= 0.3 is 17.8 Å². The van der Waals surface area contributed by atoms with Gasteiger partial charge in [0.2, 0.25) is 0 Å². The number of amides is 1. The number of nitrogens with zero attached hydrogens (tertiary/aromatic N) is 2. The third-order valence-corrected chi connectivity index (χ3v) is 3.82. The summed E-state index contributed by atoms with van der Waals surface area (Å²) in [7, 11) is 1.38. The van der Waals surface area contributed by atoms with Crippen LogP contribution < -0.4 is 0 Å². The van der Waals surface area contributed by atoms with E-state index in [0.717, 1.165) is 11.6 Å². The maximum atomic E-state index is 12.2. The lowest BCUT2D eigenvalue weighted by atomic mass is 10.2. The predicted molar refractivity (Wildman–Crippen MR) is 119 cm³/mol. The molecular weight excluding hydrogens is 412 g/mol. The topological polar surface area (TPSA) is 114 Å². The third-order valence-electron chi connectivity index (χ3n) is 3.82. The third kappa shape index (κ3) is 9.80. The van der Waals surface area contributed by atoms with Crippen molar-refractivity contribution in [3.05, 3.63) is 84.2 Å². The molecule has 0 saturated heterocycles. The Bertz CT molecular complexity index is 941. The van der Waals surface area contributed by atoms with Gasteiger partial charge < -0.3 is 14.6 Å². The van der Waals surface area contributed by atoms with E-state index in [1.807, 2.05) is 30.3 Å². The largest absolute Gasteiger partial charge is 0.478 e. The number of benzene rings is 1. The number of ether oxygens (including phenoxy) is 2. The van der Waals surface area contributed by atoms with Gasteiger partial charge in [-0.05, 0) is 26.3 Å². The molecule has 8 heteroatoms. The molecule has 0 heterocycles. The number of rotatable bonds is 9. The van der Waals surface area contributed by atoms with E-state index >= 15 is 0 Å². The zero-order valence-electron chi connectivity index (χ0n) is 18.8. The minimum atomic E-state index is -1.15. The van der Waals surface area contributed by atoms with Crippen LogP contribution >= 0.6 is 0 Å². The fourth-order valence-electron chi connectivity index (χ4n) is 2.29. The summed E-state index contributed by atoms with van der Waals surface area (Å²) in [6.07, 6.45) is 3.59. The second-order valence-corrected chi connectivity index (χ2v) is 6.84. The molecule has 1 aromatic carbocycles. The number of hydrogen-bond acceptors (Lipinski definition) is 6. The van der Waals surface area contributed by atoms with Gasteiger partial charge in [0, 0.05) is 18.3 Å². The molecule has 0 aliphatic heterocycles. The Morgan fingerprint density at radius 2 is 1.72 bits per heavy atom. The number of carboxylic acid groups (broad SMARTS) is 1. The highest BCUT2D eigenvalue weighted by atomic mass is 16.5. The quantitative estimate of drug-likeness (QED) is 0.204. The lowest BCUT2D eigenvalue weighted by molar-refractivity contribution is -0.771. The molecule has 32 heavy (non-hydrogen) atoms. The van der Waals surface area contributed by atoms with E-state index in [4.69, 9.17) is 19.8 Å². The van der Waals surface area contributed by atoms with Crippen LogP contribution in [0.3, 0.4) is 0 Å². The average Bonchev–Trinajstić information content (AvgIpc) is 2.76. The van der Waals surface area contributed by atoms with Crippen molar-refractivity contribution in [1.82, 2.24) is 0 Å². The molecule has 1 aromatic rings. The van der Waals surface area contributed by atoms with E-state index in [-0.39, 0.29) is 23.8 Å². The van der Waals surface area contributed by atoms with Crippen LogP contribution in [0.25, 0.3) is 0 Å². The minimum Gasteiger partial charge on any atom is -0.478 e. The van der Waals surface area contributed by atoms with Crippen LogP contribution in [0, 0.1) is 11.3 Å². The van der Waals surface area contributed by atoms with Gasteiger partial charge in [0.05, 0.1) is 17.7 Å². The first-order valence-corrected chi connectivity index (χ1v) is 9.44. The van der Waals surface area contributed by atoms with E-state index in [1.165, 1.54) is 33.4 Å². The van der Waals surface area contributed by atoms with Crippen molar-refractivity contribution >= 4 is 17.8 Å². The summed E-state index contributed by atoms with van der Waals surface area (Å²) in [5.41, 5.74) is 1.61. The summed E-state index contributed by atoms with van der Waals surface area (Å²) in [6, 6.07) is 11.3. The zero-order chi connectivity index (χ0) is 24.7. The predicted octanol–water partition coefficient (Wildman–Crippen LogP) is 3.84. The van der Waals surface area contributed by atoms with Gasteiger partial charge in [0.15, 0.2) is 6.73 Å². The maximum Gasteiger partial charge on any atom is 0.352 e. The van der Waals surface area contributed by atoms with Crippen molar-refractivity contribution in [2.75, 3.05) is 13.8 Å². The Morgan fingerprint density at radius 1 is 1.12 bits per heavy atom. The van der Waals surface area contributed by atoms with E-state index in [0.29, 0.717) is 12.2 Å². The normalized spacial score (nSPS) is 12.5.